The lowest BCUT2D eigenvalue weighted by molar-refractivity contribution is -0.312. The largest absolute Gasteiger partial charge is 0.394 e. The molecule has 2 aliphatic heterocycles. The number of aliphatic hydroxyl groups excluding tert-OH is 8. The third-order valence-electron chi connectivity index (χ3n) is 7.45. The highest BCUT2D eigenvalue weighted by atomic mass is 16.7. The van der Waals surface area contributed by atoms with Crippen molar-refractivity contribution in [1.29, 1.82) is 0 Å². The summed E-state index contributed by atoms with van der Waals surface area (Å²) in [6.07, 6.45) is -10.1. The number of fused-ring (bicyclic) bond motifs is 1. The Bertz CT molecular complexity index is 1280. The van der Waals surface area contributed by atoms with Gasteiger partial charge in [-0.2, -0.15) is 4.98 Å². The van der Waals surface area contributed by atoms with Crippen molar-refractivity contribution in [2.24, 2.45) is 0 Å². The van der Waals surface area contributed by atoms with Crippen molar-refractivity contribution in [2.75, 3.05) is 18.9 Å². The Balaban J connectivity index is 1.31. The monoisotopic (exact) mass is 571 g/mol. The maximum atomic E-state index is 12.8. The van der Waals surface area contributed by atoms with E-state index in [1.54, 1.807) is 6.08 Å². The third kappa shape index (κ3) is 5.04. The molecule has 40 heavy (non-hydrogen) atoms. The fourth-order valence-electron chi connectivity index (χ4n) is 5.22. The van der Waals surface area contributed by atoms with Crippen LogP contribution in [0.3, 0.4) is 0 Å². The number of hydrogen-bond donors (Lipinski definition) is 11. The van der Waals surface area contributed by atoms with Crippen LogP contribution < -0.4 is 16.6 Å². The molecule has 0 amide bonds. The first-order valence-electron chi connectivity index (χ1n) is 12.6. The molecule has 12 atom stereocenters. The van der Waals surface area contributed by atoms with Crippen LogP contribution in [-0.4, -0.2) is 136 Å². The van der Waals surface area contributed by atoms with Gasteiger partial charge in [0.05, 0.1) is 24.6 Å². The molecule has 17 heteroatoms. The maximum Gasteiger partial charge on any atom is 0.262 e. The number of ether oxygens (including phenoxy) is 3. The Morgan fingerprint density at radius 1 is 0.950 bits per heavy atom. The fourth-order valence-corrected chi connectivity index (χ4v) is 5.22. The van der Waals surface area contributed by atoms with Gasteiger partial charge in [0.2, 0.25) is 5.95 Å². The van der Waals surface area contributed by atoms with Gasteiger partial charge < -0.3 is 70.7 Å². The number of hydrogen-bond acceptors (Lipinski definition) is 15. The highest BCUT2D eigenvalue weighted by Crippen LogP contribution is 2.33. The predicted molar refractivity (Wildman–Crippen MR) is 132 cm³/mol. The van der Waals surface area contributed by atoms with Crippen LogP contribution >= 0.6 is 0 Å². The molecule has 1 aliphatic carbocycles. The molecule has 222 valence electrons. The molecule has 0 bridgehead atoms. The molecule has 0 aromatic carbocycles. The number of rotatable bonds is 8. The van der Waals surface area contributed by atoms with Gasteiger partial charge >= 0.3 is 0 Å². The van der Waals surface area contributed by atoms with Crippen molar-refractivity contribution in [3.8, 4) is 0 Å². The molecule has 2 fully saturated rings. The number of H-pyrrole nitrogens is 1. The number of nitrogen functional groups attached to an aromatic ring is 1. The number of nitrogens with two attached hydrogens (primary N) is 1. The molecule has 3 aliphatic rings. The molecule has 17 nitrogen and oxygen atoms in total. The number of anilines is 1. The van der Waals surface area contributed by atoms with Crippen molar-refractivity contribution in [3.05, 3.63) is 34.3 Å². The molecule has 0 spiro atoms. The molecule has 12 N–H and O–H groups in total. The first kappa shape index (κ1) is 29.0. The van der Waals surface area contributed by atoms with Gasteiger partial charge in [-0.15, -0.1) is 0 Å². The van der Waals surface area contributed by atoms with Crippen LogP contribution in [0.5, 0.6) is 0 Å². The lowest BCUT2D eigenvalue weighted by Gasteiger charge is -2.40. The normalized spacial score (nSPS) is 39.9. The fraction of sp³-hybridized carbons (Fsp3) is 0.652. The van der Waals surface area contributed by atoms with Crippen molar-refractivity contribution >= 4 is 17.0 Å². The van der Waals surface area contributed by atoms with Crippen LogP contribution in [0.2, 0.25) is 0 Å². The summed E-state index contributed by atoms with van der Waals surface area (Å²) in [5, 5.41) is 83.7. The zero-order valence-electron chi connectivity index (χ0n) is 21.0. The topological polar surface area (TPSA) is 278 Å². The SMILES string of the molecule is Nc1nc2c(c(CN[C@H]3C=C[C@H](O[C@H]4O[C@H](CO)[C@@H](O)[C@H](O)[C@@H]4O)[C@@H]3O)cn2[C@@H]2O[C@H](CO)[C@@H](O)[C@H]2O)c(=O)[nH]1. The van der Waals surface area contributed by atoms with Gasteiger partial charge in [-0.3, -0.25) is 9.78 Å². The zero-order valence-corrected chi connectivity index (χ0v) is 21.0. The van der Waals surface area contributed by atoms with Gasteiger partial charge in [-0.05, 0) is 5.56 Å². The van der Waals surface area contributed by atoms with Gasteiger partial charge in [0.1, 0.15) is 54.9 Å². The predicted octanol–water partition coefficient (Wildman–Crippen LogP) is -5.51. The minimum absolute atomic E-state index is 0.00576. The number of aromatic amines is 1. The van der Waals surface area contributed by atoms with Gasteiger partial charge in [0, 0.05) is 12.7 Å². The smallest absolute Gasteiger partial charge is 0.262 e. The van der Waals surface area contributed by atoms with Gasteiger partial charge in [0.25, 0.3) is 5.56 Å². The molecule has 2 aromatic rings. The van der Waals surface area contributed by atoms with Crippen LogP contribution in [0.1, 0.15) is 11.8 Å². The molecular formula is C23H33N5O12. The Labute approximate surface area is 225 Å². The minimum Gasteiger partial charge on any atom is -0.394 e. The van der Waals surface area contributed by atoms with E-state index in [-0.39, 0.29) is 23.5 Å². The van der Waals surface area contributed by atoms with Gasteiger partial charge in [-0.1, -0.05) is 12.2 Å². The van der Waals surface area contributed by atoms with Crippen molar-refractivity contribution in [3.63, 3.8) is 0 Å². The summed E-state index contributed by atoms with van der Waals surface area (Å²) in [6, 6.07) is -0.706. The van der Waals surface area contributed by atoms with Crippen LogP contribution in [0.25, 0.3) is 11.0 Å². The minimum atomic E-state index is -1.64. The molecule has 2 aromatic heterocycles. The first-order chi connectivity index (χ1) is 19.0. The van der Waals surface area contributed by atoms with Gasteiger partial charge in [0.15, 0.2) is 18.2 Å². The summed E-state index contributed by atoms with van der Waals surface area (Å²) in [5.74, 6) is -0.189. The third-order valence-corrected chi connectivity index (χ3v) is 7.45. The van der Waals surface area contributed by atoms with E-state index in [0.29, 0.717) is 5.56 Å². The van der Waals surface area contributed by atoms with Crippen LogP contribution in [-0.2, 0) is 20.8 Å². The Kier molecular flexibility index (Phi) is 8.26. The summed E-state index contributed by atoms with van der Waals surface area (Å²) in [6.45, 7) is -1.17. The van der Waals surface area contributed by atoms with Crippen LogP contribution in [0.4, 0.5) is 5.95 Å². The summed E-state index contributed by atoms with van der Waals surface area (Å²) in [4.78, 5) is 19.4. The van der Waals surface area contributed by atoms with E-state index in [4.69, 9.17) is 19.9 Å². The van der Waals surface area contributed by atoms with Crippen molar-refractivity contribution < 1.29 is 55.1 Å². The average molecular weight is 572 g/mol. The summed E-state index contributed by atoms with van der Waals surface area (Å²) in [5.41, 5.74) is 5.61. The number of aromatic nitrogens is 3. The second-order valence-corrected chi connectivity index (χ2v) is 10.0. The van der Waals surface area contributed by atoms with Crippen molar-refractivity contribution in [1.82, 2.24) is 19.9 Å². The number of nitrogens with one attached hydrogen (secondary N) is 2. The second kappa shape index (κ2) is 11.4. The quantitative estimate of drug-likeness (QED) is 0.132. The van der Waals surface area contributed by atoms with Crippen LogP contribution in [0, 0.1) is 0 Å². The van der Waals surface area contributed by atoms with Gasteiger partial charge in [-0.25, -0.2) is 0 Å². The molecular weight excluding hydrogens is 538 g/mol. The lowest BCUT2D eigenvalue weighted by atomic mass is 9.99. The Morgan fingerprint density at radius 3 is 2.30 bits per heavy atom. The molecule has 0 radical (unpaired) electrons. The van der Waals surface area contributed by atoms with E-state index in [2.05, 4.69) is 15.3 Å². The van der Waals surface area contributed by atoms with Crippen LogP contribution in [0.15, 0.2) is 23.1 Å². The van der Waals surface area contributed by atoms with E-state index in [1.807, 2.05) is 0 Å². The summed E-state index contributed by atoms with van der Waals surface area (Å²) >= 11 is 0. The van der Waals surface area contributed by atoms with E-state index in [0.717, 1.165) is 0 Å². The average Bonchev–Trinajstić information content (AvgIpc) is 3.56. The molecule has 0 unspecified atom stereocenters. The van der Waals surface area contributed by atoms with E-state index < -0.39 is 92.3 Å². The lowest BCUT2D eigenvalue weighted by Crippen LogP contribution is -2.60. The highest BCUT2D eigenvalue weighted by molar-refractivity contribution is 5.80. The number of nitrogens with zero attached hydrogens (tertiary/aromatic N) is 2. The van der Waals surface area contributed by atoms with E-state index in [9.17, 15) is 45.6 Å². The summed E-state index contributed by atoms with van der Waals surface area (Å²) in [7, 11) is 0. The Morgan fingerprint density at radius 2 is 1.62 bits per heavy atom. The highest BCUT2D eigenvalue weighted by Gasteiger charge is 2.46. The second-order valence-electron chi connectivity index (χ2n) is 10.0. The number of aliphatic hydroxyl groups is 8. The summed E-state index contributed by atoms with van der Waals surface area (Å²) < 4.78 is 17.9. The van der Waals surface area contributed by atoms with E-state index >= 15 is 0 Å². The Hall–Kier alpha value is -2.52. The first-order valence-corrected chi connectivity index (χ1v) is 12.6. The standard InChI is InChI=1S/C23H33N5O12/c24-23-26-19-12(20(37)27-23)7(4-28(19)21-17(35)15(33)10(5-29)38-21)3-25-8-1-2-9(13(8)31)39-22-18(36)16(34)14(32)11(6-30)40-22/h1-2,4,8-11,13-18,21-22,25,29-36H,3,5-6H2,(H3,24,26,27,37)/t8-,9-,10+,11+,13+,14+,15+,16-,17+,18-,21+,22-/m0/s1. The molecule has 4 heterocycles. The molecule has 5 rings (SSSR count). The molecule has 0 saturated carbocycles. The zero-order chi connectivity index (χ0) is 28.9. The maximum absolute atomic E-state index is 12.8. The van der Waals surface area contributed by atoms with E-state index in [1.165, 1.54) is 16.8 Å². The van der Waals surface area contributed by atoms with Crippen molar-refractivity contribution in [2.45, 2.75) is 80.0 Å². The molecule has 2 saturated heterocycles.